The van der Waals surface area contributed by atoms with Crippen molar-refractivity contribution in [3.05, 3.63) is 29.6 Å². The second-order valence-electron chi connectivity index (χ2n) is 4.69. The van der Waals surface area contributed by atoms with Gasteiger partial charge in [-0.15, -0.1) is 0 Å². The number of halogens is 1. The lowest BCUT2D eigenvalue weighted by Gasteiger charge is -2.26. The van der Waals surface area contributed by atoms with Crippen LogP contribution in [0.1, 0.15) is 37.2 Å². The fraction of sp³-hybridized carbons (Fsp3) is 0.467. The zero-order valence-electron chi connectivity index (χ0n) is 10.4. The molecule has 18 heavy (non-hydrogen) atoms. The van der Waals surface area contributed by atoms with Gasteiger partial charge in [0.25, 0.3) is 0 Å². The van der Waals surface area contributed by atoms with Crippen molar-refractivity contribution in [2.75, 3.05) is 7.11 Å². The lowest BCUT2D eigenvalue weighted by molar-refractivity contribution is 0.370. The monoisotopic (exact) mass is 248 g/mol. The quantitative estimate of drug-likeness (QED) is 0.812. The normalized spacial score (nSPS) is 23.0. The third kappa shape index (κ3) is 2.76. The van der Waals surface area contributed by atoms with Crippen molar-refractivity contribution in [3.8, 4) is 17.8 Å². The van der Waals surface area contributed by atoms with Crippen molar-refractivity contribution < 1.29 is 14.2 Å². The van der Waals surface area contributed by atoms with E-state index in [9.17, 15) is 4.39 Å². The highest BCUT2D eigenvalue weighted by atomic mass is 19.1. The van der Waals surface area contributed by atoms with Crippen LogP contribution in [0.15, 0.2) is 18.2 Å². The van der Waals surface area contributed by atoms with E-state index < -0.39 is 0 Å². The fourth-order valence-electron chi connectivity index (χ4n) is 2.60. The molecule has 0 radical (unpaired) electrons. The number of aliphatic hydroxyl groups excluding tert-OH is 1. The van der Waals surface area contributed by atoms with Gasteiger partial charge in [0.15, 0.2) is 0 Å². The molecule has 0 saturated heterocycles. The summed E-state index contributed by atoms with van der Waals surface area (Å²) in [6.45, 7) is 0. The summed E-state index contributed by atoms with van der Waals surface area (Å²) in [6, 6.07) is 4.90. The van der Waals surface area contributed by atoms with Gasteiger partial charge in [-0.3, -0.25) is 0 Å². The van der Waals surface area contributed by atoms with Crippen molar-refractivity contribution >= 4 is 0 Å². The number of ether oxygens (including phenoxy) is 1. The lowest BCUT2D eigenvalue weighted by Crippen LogP contribution is -2.13. The largest absolute Gasteiger partial charge is 0.497 e. The molecule has 1 aromatic carbocycles. The second-order valence-corrected chi connectivity index (χ2v) is 4.69. The van der Waals surface area contributed by atoms with Gasteiger partial charge in [0, 0.05) is 5.92 Å². The fourth-order valence-corrected chi connectivity index (χ4v) is 2.60. The second kappa shape index (κ2) is 5.77. The van der Waals surface area contributed by atoms with E-state index in [1.165, 1.54) is 6.07 Å². The predicted octanol–water partition coefficient (Wildman–Crippen LogP) is 3.44. The zero-order chi connectivity index (χ0) is 13.0. The first-order valence-electron chi connectivity index (χ1n) is 6.22. The summed E-state index contributed by atoms with van der Waals surface area (Å²) in [5, 5.41) is 8.58. The first kappa shape index (κ1) is 12.8. The van der Waals surface area contributed by atoms with Gasteiger partial charge in [0.1, 0.15) is 17.7 Å². The molecular weight excluding hydrogens is 231 g/mol. The van der Waals surface area contributed by atoms with E-state index in [1.807, 2.05) is 6.11 Å². The summed E-state index contributed by atoms with van der Waals surface area (Å²) >= 11 is 0. The van der Waals surface area contributed by atoms with Crippen molar-refractivity contribution in [1.29, 1.82) is 0 Å². The summed E-state index contributed by atoms with van der Waals surface area (Å²) < 4.78 is 19.0. The maximum absolute atomic E-state index is 13.8. The van der Waals surface area contributed by atoms with Crippen molar-refractivity contribution in [3.63, 3.8) is 0 Å². The average Bonchev–Trinajstić information content (AvgIpc) is 2.41. The Balaban J connectivity index is 2.10. The van der Waals surface area contributed by atoms with E-state index in [2.05, 4.69) is 5.92 Å². The zero-order valence-corrected chi connectivity index (χ0v) is 10.4. The minimum absolute atomic E-state index is 0.160. The number of benzene rings is 1. The van der Waals surface area contributed by atoms with Gasteiger partial charge in [-0.2, -0.15) is 0 Å². The van der Waals surface area contributed by atoms with Crippen LogP contribution in [0, 0.1) is 23.8 Å². The van der Waals surface area contributed by atoms with Crippen LogP contribution in [0.25, 0.3) is 0 Å². The molecule has 0 spiro atoms. The standard InChI is InChI=1S/C15H17FO2/c1-18-13-6-7-15(16)14(10-13)12-4-2-11(3-5-12)8-9-17/h6-7,10-12,17H,2-5H2,1H3. The Bertz CT molecular complexity index is 465. The summed E-state index contributed by atoms with van der Waals surface area (Å²) in [5.41, 5.74) is 0.741. The van der Waals surface area contributed by atoms with E-state index in [0.717, 1.165) is 31.2 Å². The molecule has 0 unspecified atom stereocenters. The highest BCUT2D eigenvalue weighted by Crippen LogP contribution is 2.37. The summed E-state index contributed by atoms with van der Waals surface area (Å²) in [7, 11) is 1.59. The number of rotatable bonds is 2. The van der Waals surface area contributed by atoms with Gasteiger partial charge in [-0.1, -0.05) is 5.92 Å². The summed E-state index contributed by atoms with van der Waals surface area (Å²) in [6.07, 6.45) is 5.61. The van der Waals surface area contributed by atoms with Gasteiger partial charge in [0.2, 0.25) is 0 Å². The Morgan fingerprint density at radius 1 is 1.28 bits per heavy atom. The van der Waals surface area contributed by atoms with Crippen LogP contribution in [-0.2, 0) is 0 Å². The van der Waals surface area contributed by atoms with Crippen LogP contribution in [0.4, 0.5) is 4.39 Å². The molecule has 0 heterocycles. The highest BCUT2D eigenvalue weighted by Gasteiger charge is 2.23. The number of methoxy groups -OCH3 is 1. The first-order valence-corrected chi connectivity index (χ1v) is 6.22. The van der Waals surface area contributed by atoms with E-state index in [0.29, 0.717) is 5.75 Å². The van der Waals surface area contributed by atoms with Crippen LogP contribution in [0.5, 0.6) is 5.75 Å². The van der Waals surface area contributed by atoms with Crippen molar-refractivity contribution in [2.45, 2.75) is 31.6 Å². The topological polar surface area (TPSA) is 29.5 Å². The van der Waals surface area contributed by atoms with E-state index in [1.54, 1.807) is 19.2 Å². The molecule has 1 aliphatic rings. The third-order valence-electron chi connectivity index (χ3n) is 3.64. The first-order chi connectivity index (χ1) is 8.74. The predicted molar refractivity (Wildman–Crippen MR) is 67.4 cm³/mol. The van der Waals surface area contributed by atoms with E-state index in [-0.39, 0.29) is 17.7 Å². The van der Waals surface area contributed by atoms with Crippen LogP contribution in [0.3, 0.4) is 0 Å². The van der Waals surface area contributed by atoms with E-state index >= 15 is 0 Å². The van der Waals surface area contributed by atoms with Crippen LogP contribution < -0.4 is 4.74 Å². The molecule has 3 heteroatoms. The molecule has 1 aromatic rings. The smallest absolute Gasteiger partial charge is 0.126 e. The Morgan fingerprint density at radius 3 is 2.61 bits per heavy atom. The SMILES string of the molecule is COc1ccc(F)c(C2CCC(C#CO)CC2)c1. The Kier molecular flexibility index (Phi) is 4.09. The molecule has 1 fully saturated rings. The summed E-state index contributed by atoms with van der Waals surface area (Å²) in [5.74, 6) is 3.80. The molecule has 0 bridgehead atoms. The molecule has 0 aromatic heterocycles. The highest BCUT2D eigenvalue weighted by molar-refractivity contribution is 5.32. The minimum Gasteiger partial charge on any atom is -0.497 e. The minimum atomic E-state index is -0.160. The van der Waals surface area contributed by atoms with Gasteiger partial charge < -0.3 is 9.84 Å². The van der Waals surface area contributed by atoms with Crippen LogP contribution in [-0.4, -0.2) is 12.2 Å². The maximum atomic E-state index is 13.8. The molecule has 2 rings (SSSR count). The van der Waals surface area contributed by atoms with Crippen molar-refractivity contribution in [1.82, 2.24) is 0 Å². The Morgan fingerprint density at radius 2 is 2.00 bits per heavy atom. The van der Waals surface area contributed by atoms with Crippen molar-refractivity contribution in [2.24, 2.45) is 5.92 Å². The molecule has 0 aliphatic heterocycles. The van der Waals surface area contributed by atoms with Crippen LogP contribution >= 0.6 is 0 Å². The van der Waals surface area contributed by atoms with E-state index in [4.69, 9.17) is 9.84 Å². The number of hydrogen-bond donors (Lipinski definition) is 1. The molecule has 1 N–H and O–H groups in total. The molecule has 1 saturated carbocycles. The third-order valence-corrected chi connectivity index (χ3v) is 3.64. The lowest BCUT2D eigenvalue weighted by atomic mass is 9.79. The summed E-state index contributed by atoms with van der Waals surface area (Å²) in [4.78, 5) is 0. The average molecular weight is 248 g/mol. The molecular formula is C15H17FO2. The Labute approximate surface area is 107 Å². The number of aliphatic hydroxyl groups is 1. The molecule has 0 atom stereocenters. The Hall–Kier alpha value is -1.69. The van der Waals surface area contributed by atoms with Gasteiger partial charge in [-0.05, 0) is 55.4 Å². The molecule has 1 aliphatic carbocycles. The van der Waals surface area contributed by atoms with Gasteiger partial charge >= 0.3 is 0 Å². The number of hydrogen-bond acceptors (Lipinski definition) is 2. The molecule has 2 nitrogen and oxygen atoms in total. The maximum Gasteiger partial charge on any atom is 0.126 e. The van der Waals surface area contributed by atoms with Gasteiger partial charge in [-0.25, -0.2) is 4.39 Å². The molecule has 96 valence electrons. The molecule has 0 amide bonds. The van der Waals surface area contributed by atoms with Crippen LogP contribution in [0.2, 0.25) is 0 Å². The van der Waals surface area contributed by atoms with Gasteiger partial charge in [0.05, 0.1) is 7.11 Å².